The first-order valence-electron chi connectivity index (χ1n) is 9.57. The van der Waals surface area contributed by atoms with E-state index in [2.05, 4.69) is 25.7 Å². The highest BCUT2D eigenvalue weighted by atomic mass is 19.1. The van der Waals surface area contributed by atoms with Gasteiger partial charge in [-0.15, -0.1) is 0 Å². The molecule has 7 nitrogen and oxygen atoms in total. The fourth-order valence-electron chi connectivity index (χ4n) is 3.54. The number of aromatic nitrogens is 4. The van der Waals surface area contributed by atoms with Crippen molar-refractivity contribution in [2.75, 3.05) is 10.6 Å². The molecule has 4 rings (SSSR count). The van der Waals surface area contributed by atoms with Gasteiger partial charge in [-0.25, -0.2) is 13.8 Å². The highest BCUT2D eigenvalue weighted by molar-refractivity contribution is 5.75. The second-order valence-corrected chi connectivity index (χ2v) is 7.40. The minimum Gasteiger partial charge on any atom is -0.367 e. The van der Waals surface area contributed by atoms with E-state index < -0.39 is 11.6 Å². The Morgan fingerprint density at radius 3 is 2.45 bits per heavy atom. The van der Waals surface area contributed by atoms with Crippen LogP contribution in [0.25, 0.3) is 11.1 Å². The molecule has 3 aromatic rings. The highest BCUT2D eigenvalue weighted by Gasteiger charge is 2.21. The Morgan fingerprint density at radius 2 is 1.79 bits per heavy atom. The maximum Gasteiger partial charge on any atom is 0.229 e. The van der Waals surface area contributed by atoms with Crippen molar-refractivity contribution in [3.8, 4) is 11.1 Å². The van der Waals surface area contributed by atoms with Gasteiger partial charge in [-0.3, -0.25) is 4.68 Å². The largest absolute Gasteiger partial charge is 0.367 e. The first-order chi connectivity index (χ1) is 14.0. The summed E-state index contributed by atoms with van der Waals surface area (Å²) in [7, 11) is 1.84. The van der Waals surface area contributed by atoms with Crippen LogP contribution in [0.2, 0.25) is 0 Å². The predicted octanol–water partition coefficient (Wildman–Crippen LogP) is 3.58. The number of nitrogens with two attached hydrogens (primary N) is 1. The van der Waals surface area contributed by atoms with Crippen LogP contribution in [0, 0.1) is 11.6 Å². The van der Waals surface area contributed by atoms with Crippen LogP contribution >= 0.6 is 0 Å². The van der Waals surface area contributed by atoms with E-state index in [1.807, 2.05) is 13.2 Å². The van der Waals surface area contributed by atoms with Crippen molar-refractivity contribution in [3.05, 3.63) is 48.4 Å². The SMILES string of the molecule is Cn1cc(-c2cnc(Nc3cc(F)cc(F)c3)nc2NC2CCC(N)CC2)cn1. The Hall–Kier alpha value is -3.07. The summed E-state index contributed by atoms with van der Waals surface area (Å²) in [6.07, 6.45) is 9.13. The van der Waals surface area contributed by atoms with Crippen LogP contribution in [0.15, 0.2) is 36.8 Å². The summed E-state index contributed by atoms with van der Waals surface area (Å²) in [4.78, 5) is 8.90. The number of aryl methyl sites for hydroxylation is 1. The van der Waals surface area contributed by atoms with Gasteiger partial charge in [0.05, 0.1) is 6.20 Å². The molecule has 0 saturated heterocycles. The van der Waals surface area contributed by atoms with Crippen LogP contribution in [-0.4, -0.2) is 31.8 Å². The van der Waals surface area contributed by atoms with Crippen molar-refractivity contribution in [3.63, 3.8) is 0 Å². The van der Waals surface area contributed by atoms with Crippen molar-refractivity contribution < 1.29 is 8.78 Å². The standard InChI is InChI=1S/C20H23F2N7/c1-29-11-12(9-25-29)18-10-24-20(27-17-7-13(21)6-14(22)8-17)28-19(18)26-16-4-2-15(23)3-5-16/h6-11,15-16H,2-5,23H2,1H3,(H2,24,26,27,28). The fourth-order valence-corrected chi connectivity index (χ4v) is 3.54. The molecule has 0 radical (unpaired) electrons. The normalized spacial score (nSPS) is 19.2. The molecule has 1 saturated carbocycles. The van der Waals surface area contributed by atoms with E-state index in [1.54, 1.807) is 17.1 Å². The van der Waals surface area contributed by atoms with Crippen LogP contribution in [0.1, 0.15) is 25.7 Å². The average molecular weight is 399 g/mol. The van der Waals surface area contributed by atoms with Crippen LogP contribution in [0.4, 0.5) is 26.2 Å². The Labute approximate surface area is 167 Å². The molecule has 2 aromatic heterocycles. The van der Waals surface area contributed by atoms with Gasteiger partial charge in [0.15, 0.2) is 0 Å². The van der Waals surface area contributed by atoms with E-state index in [4.69, 9.17) is 5.73 Å². The summed E-state index contributed by atoms with van der Waals surface area (Å²) in [5.41, 5.74) is 7.94. The van der Waals surface area contributed by atoms with Crippen molar-refractivity contribution in [1.82, 2.24) is 19.7 Å². The van der Waals surface area contributed by atoms with E-state index in [0.717, 1.165) is 42.9 Å². The summed E-state index contributed by atoms with van der Waals surface area (Å²) < 4.78 is 28.7. The molecule has 0 aliphatic heterocycles. The van der Waals surface area contributed by atoms with Gasteiger partial charge < -0.3 is 16.4 Å². The molecule has 9 heteroatoms. The average Bonchev–Trinajstić information content (AvgIpc) is 3.09. The predicted molar refractivity (Wildman–Crippen MR) is 108 cm³/mol. The maximum atomic E-state index is 13.5. The lowest BCUT2D eigenvalue weighted by atomic mass is 9.91. The van der Waals surface area contributed by atoms with Crippen molar-refractivity contribution >= 4 is 17.5 Å². The van der Waals surface area contributed by atoms with Gasteiger partial charge in [-0.1, -0.05) is 0 Å². The number of halogens is 2. The molecule has 4 N–H and O–H groups in total. The van der Waals surface area contributed by atoms with Gasteiger partial charge in [0.1, 0.15) is 17.5 Å². The molecule has 152 valence electrons. The van der Waals surface area contributed by atoms with Gasteiger partial charge >= 0.3 is 0 Å². The van der Waals surface area contributed by atoms with E-state index in [9.17, 15) is 8.78 Å². The summed E-state index contributed by atoms with van der Waals surface area (Å²) >= 11 is 0. The summed E-state index contributed by atoms with van der Waals surface area (Å²) in [5, 5.41) is 10.6. The van der Waals surface area contributed by atoms with E-state index in [1.165, 1.54) is 12.1 Å². The number of rotatable bonds is 5. The lowest BCUT2D eigenvalue weighted by Gasteiger charge is -2.28. The molecule has 0 spiro atoms. The van der Waals surface area contributed by atoms with E-state index >= 15 is 0 Å². The zero-order valence-electron chi connectivity index (χ0n) is 16.1. The van der Waals surface area contributed by atoms with E-state index in [0.29, 0.717) is 5.82 Å². The third kappa shape index (κ3) is 4.68. The van der Waals surface area contributed by atoms with Crippen LogP contribution < -0.4 is 16.4 Å². The molecule has 0 unspecified atom stereocenters. The van der Waals surface area contributed by atoms with E-state index in [-0.39, 0.29) is 23.7 Å². The first-order valence-corrected chi connectivity index (χ1v) is 9.57. The Balaban J connectivity index is 1.63. The Bertz CT molecular complexity index is 976. The first kappa shape index (κ1) is 19.3. The molecule has 1 aromatic carbocycles. The maximum absolute atomic E-state index is 13.5. The van der Waals surface area contributed by atoms with Gasteiger partial charge in [0.25, 0.3) is 0 Å². The van der Waals surface area contributed by atoms with Gasteiger partial charge in [-0.2, -0.15) is 10.1 Å². The molecule has 29 heavy (non-hydrogen) atoms. The smallest absolute Gasteiger partial charge is 0.229 e. The molecular weight excluding hydrogens is 376 g/mol. The van der Waals surface area contributed by atoms with Crippen molar-refractivity contribution in [2.45, 2.75) is 37.8 Å². The quantitative estimate of drug-likeness (QED) is 0.607. The molecular formula is C20H23F2N7. The molecule has 0 amide bonds. The Morgan fingerprint density at radius 1 is 1.07 bits per heavy atom. The monoisotopic (exact) mass is 399 g/mol. The van der Waals surface area contributed by atoms with Crippen LogP contribution in [0.5, 0.6) is 0 Å². The van der Waals surface area contributed by atoms with Crippen molar-refractivity contribution in [1.29, 1.82) is 0 Å². The molecule has 1 aliphatic carbocycles. The summed E-state index contributed by atoms with van der Waals surface area (Å²) in [6.45, 7) is 0. The number of nitrogens with zero attached hydrogens (tertiary/aromatic N) is 4. The summed E-state index contributed by atoms with van der Waals surface area (Å²) in [6, 6.07) is 3.70. The van der Waals surface area contributed by atoms with Crippen LogP contribution in [-0.2, 0) is 7.05 Å². The molecule has 0 bridgehead atoms. The molecule has 0 atom stereocenters. The fraction of sp³-hybridized carbons (Fsp3) is 0.350. The number of benzene rings is 1. The minimum atomic E-state index is -0.670. The third-order valence-electron chi connectivity index (χ3n) is 5.04. The number of hydrogen-bond donors (Lipinski definition) is 3. The molecule has 2 heterocycles. The number of anilines is 3. The second kappa shape index (κ2) is 8.12. The second-order valence-electron chi connectivity index (χ2n) is 7.40. The zero-order chi connectivity index (χ0) is 20.4. The molecule has 1 aliphatic rings. The van der Waals surface area contributed by atoms with Gasteiger partial charge in [0.2, 0.25) is 5.95 Å². The van der Waals surface area contributed by atoms with Crippen molar-refractivity contribution in [2.24, 2.45) is 12.8 Å². The minimum absolute atomic E-state index is 0.242. The lowest BCUT2D eigenvalue weighted by Crippen LogP contribution is -2.33. The highest BCUT2D eigenvalue weighted by Crippen LogP contribution is 2.30. The molecule has 1 fully saturated rings. The summed E-state index contributed by atoms with van der Waals surface area (Å²) in [5.74, 6) is -0.446. The van der Waals surface area contributed by atoms with Crippen LogP contribution in [0.3, 0.4) is 0 Å². The Kier molecular flexibility index (Phi) is 5.39. The third-order valence-corrected chi connectivity index (χ3v) is 5.04. The number of nitrogens with one attached hydrogen (secondary N) is 2. The topological polar surface area (TPSA) is 93.7 Å². The van der Waals surface area contributed by atoms with Gasteiger partial charge in [0, 0.05) is 54.4 Å². The van der Waals surface area contributed by atoms with Gasteiger partial charge in [-0.05, 0) is 37.8 Å². The zero-order valence-corrected chi connectivity index (χ0v) is 16.1. The lowest BCUT2D eigenvalue weighted by molar-refractivity contribution is 0.410. The number of hydrogen-bond acceptors (Lipinski definition) is 6.